The van der Waals surface area contributed by atoms with Crippen LogP contribution in [-0.4, -0.2) is 26.7 Å². The van der Waals surface area contributed by atoms with Gasteiger partial charge in [0.1, 0.15) is 5.90 Å². The molecule has 1 atom stereocenters. The minimum Gasteiger partial charge on any atom is -0.344 e. The van der Waals surface area contributed by atoms with Crippen LogP contribution in [0.25, 0.3) is 0 Å². The van der Waals surface area contributed by atoms with Crippen molar-refractivity contribution >= 4 is 15.0 Å². The highest BCUT2D eigenvalue weighted by Gasteiger charge is 2.28. The van der Waals surface area contributed by atoms with E-state index in [1.807, 2.05) is 13.0 Å². The molecule has 0 rings (SSSR count). The first-order valence-corrected chi connectivity index (χ1v) is 12.0. The molecule has 24 heavy (non-hydrogen) atoms. The van der Waals surface area contributed by atoms with Crippen molar-refractivity contribution in [2.24, 2.45) is 0 Å². The third kappa shape index (κ3) is 15.1. The van der Waals surface area contributed by atoms with Gasteiger partial charge in [-0.3, -0.25) is 9.13 Å². The van der Waals surface area contributed by atoms with Crippen LogP contribution in [0.4, 0.5) is 0 Å². The van der Waals surface area contributed by atoms with Gasteiger partial charge >= 0.3 is 7.60 Å². The lowest BCUT2D eigenvalue weighted by Gasteiger charge is -2.11. The van der Waals surface area contributed by atoms with Crippen LogP contribution in [-0.2, 0) is 9.13 Å². The van der Waals surface area contributed by atoms with E-state index in [0.29, 0.717) is 6.42 Å². The largest absolute Gasteiger partial charge is 0.344 e. The Balaban J connectivity index is 4.18. The van der Waals surface area contributed by atoms with E-state index in [4.69, 9.17) is 9.79 Å². The molecule has 0 heterocycles. The van der Waals surface area contributed by atoms with Crippen molar-refractivity contribution in [3.63, 3.8) is 0 Å². The molecule has 0 bridgehead atoms. The van der Waals surface area contributed by atoms with Crippen LogP contribution >= 0.6 is 15.0 Å². The number of rotatable bonds is 11. The van der Waals surface area contributed by atoms with Crippen molar-refractivity contribution < 1.29 is 23.8 Å². The second-order valence-electron chi connectivity index (χ2n) is 6.62. The third-order valence-electron chi connectivity index (χ3n) is 3.50. The van der Waals surface area contributed by atoms with Gasteiger partial charge in [0.25, 0.3) is 0 Å². The van der Waals surface area contributed by atoms with Crippen molar-refractivity contribution in [1.82, 2.24) is 0 Å². The lowest BCUT2D eigenvalue weighted by molar-refractivity contribution is 0.376. The standard InChI is InChI=1S/C17H32O5P2/c1-15(2)8-5-9-16(3)10-6-11-17(4)12-7-13-23(18,19)14-24(20,21)22/h8,10,12H,5-7,9,11,13-14H2,1-4H3,(H,18,19)(H2,20,21,22). The molecule has 0 saturated heterocycles. The molecule has 0 fully saturated rings. The summed E-state index contributed by atoms with van der Waals surface area (Å²) in [5, 5.41) is 0. The predicted octanol–water partition coefficient (Wildman–Crippen LogP) is 5.20. The summed E-state index contributed by atoms with van der Waals surface area (Å²) in [5.74, 6) is -0.930. The highest BCUT2D eigenvalue weighted by atomic mass is 31.2. The summed E-state index contributed by atoms with van der Waals surface area (Å²) in [4.78, 5) is 27.1. The van der Waals surface area contributed by atoms with Crippen molar-refractivity contribution in [1.29, 1.82) is 0 Å². The van der Waals surface area contributed by atoms with Gasteiger partial charge in [-0.1, -0.05) is 34.9 Å². The predicted molar refractivity (Wildman–Crippen MR) is 102 cm³/mol. The van der Waals surface area contributed by atoms with Crippen molar-refractivity contribution in [2.45, 2.75) is 59.8 Å². The van der Waals surface area contributed by atoms with Gasteiger partial charge in [0.05, 0.1) is 0 Å². The Bertz CT molecular complexity index is 566. The van der Waals surface area contributed by atoms with Crippen molar-refractivity contribution in [3.8, 4) is 0 Å². The van der Waals surface area contributed by atoms with Crippen LogP contribution < -0.4 is 0 Å². The maximum Gasteiger partial charge on any atom is 0.335 e. The van der Waals surface area contributed by atoms with Gasteiger partial charge in [-0.25, -0.2) is 0 Å². The van der Waals surface area contributed by atoms with Crippen LogP contribution in [0.5, 0.6) is 0 Å². The van der Waals surface area contributed by atoms with Gasteiger partial charge in [-0.05, 0) is 59.8 Å². The highest BCUT2D eigenvalue weighted by Crippen LogP contribution is 2.54. The van der Waals surface area contributed by atoms with E-state index in [1.165, 1.54) is 11.1 Å². The zero-order chi connectivity index (χ0) is 18.8. The van der Waals surface area contributed by atoms with Crippen LogP contribution in [0.15, 0.2) is 34.9 Å². The first-order valence-electron chi connectivity index (χ1n) is 8.21. The second kappa shape index (κ2) is 11.2. The Morgan fingerprint density at radius 1 is 0.792 bits per heavy atom. The minimum atomic E-state index is -4.44. The molecular formula is C17H32O5P2. The molecule has 0 spiro atoms. The molecule has 0 aliphatic rings. The normalized spacial score (nSPS) is 16.0. The van der Waals surface area contributed by atoms with E-state index in [9.17, 15) is 14.0 Å². The van der Waals surface area contributed by atoms with Gasteiger partial charge in [-0.15, -0.1) is 0 Å². The number of hydrogen-bond acceptors (Lipinski definition) is 2. The molecule has 0 aliphatic heterocycles. The molecule has 7 heteroatoms. The van der Waals surface area contributed by atoms with Crippen LogP contribution in [0.1, 0.15) is 59.8 Å². The fourth-order valence-corrected chi connectivity index (χ4v) is 5.61. The van der Waals surface area contributed by atoms with E-state index >= 15 is 0 Å². The second-order valence-corrected chi connectivity index (χ2v) is 11.2. The van der Waals surface area contributed by atoms with E-state index in [0.717, 1.165) is 31.3 Å². The molecule has 0 radical (unpaired) electrons. The lowest BCUT2D eigenvalue weighted by Crippen LogP contribution is -1.95. The fourth-order valence-electron chi connectivity index (χ4n) is 2.21. The molecule has 0 aromatic carbocycles. The average Bonchev–Trinajstić information content (AvgIpc) is 2.34. The zero-order valence-electron chi connectivity index (χ0n) is 15.2. The third-order valence-corrected chi connectivity index (χ3v) is 7.70. The zero-order valence-corrected chi connectivity index (χ0v) is 17.0. The van der Waals surface area contributed by atoms with Gasteiger partial charge in [-0.2, -0.15) is 0 Å². The molecule has 0 saturated carbocycles. The van der Waals surface area contributed by atoms with Gasteiger partial charge in [0.15, 0.2) is 0 Å². The molecule has 0 aromatic heterocycles. The van der Waals surface area contributed by atoms with Crippen molar-refractivity contribution in [2.75, 3.05) is 12.1 Å². The SMILES string of the molecule is CC(C)=CCCC(C)=CCCC(C)=CCCP(=O)(O)CP(=O)(O)O. The lowest BCUT2D eigenvalue weighted by atomic mass is 10.1. The molecule has 3 N–H and O–H groups in total. The Hall–Kier alpha value is -0.440. The Labute approximate surface area is 146 Å². The maximum absolute atomic E-state index is 11.7. The molecule has 1 unspecified atom stereocenters. The Morgan fingerprint density at radius 3 is 1.71 bits per heavy atom. The van der Waals surface area contributed by atoms with Gasteiger partial charge in [0.2, 0.25) is 7.37 Å². The average molecular weight is 378 g/mol. The van der Waals surface area contributed by atoms with E-state index in [-0.39, 0.29) is 6.16 Å². The molecule has 140 valence electrons. The number of hydrogen-bond donors (Lipinski definition) is 3. The highest BCUT2D eigenvalue weighted by molar-refractivity contribution is 7.72. The topological polar surface area (TPSA) is 94.8 Å². The molecule has 0 aliphatic carbocycles. The first-order chi connectivity index (χ1) is 10.9. The van der Waals surface area contributed by atoms with Gasteiger partial charge < -0.3 is 14.7 Å². The first kappa shape index (κ1) is 23.6. The number of allylic oxidation sites excluding steroid dienone is 6. The summed E-state index contributed by atoms with van der Waals surface area (Å²) in [6.45, 7) is 8.29. The summed E-state index contributed by atoms with van der Waals surface area (Å²) in [5.41, 5.74) is 3.82. The van der Waals surface area contributed by atoms with E-state index in [1.54, 1.807) is 0 Å². The molecule has 0 aromatic rings. The summed E-state index contributed by atoms with van der Waals surface area (Å²) < 4.78 is 22.5. The minimum absolute atomic E-state index is 0.0903. The summed E-state index contributed by atoms with van der Waals surface area (Å²) >= 11 is 0. The van der Waals surface area contributed by atoms with Gasteiger partial charge in [0, 0.05) is 6.16 Å². The fraction of sp³-hybridized carbons (Fsp3) is 0.647. The summed E-state index contributed by atoms with van der Waals surface area (Å²) in [6, 6.07) is 0. The van der Waals surface area contributed by atoms with E-state index in [2.05, 4.69) is 32.9 Å². The van der Waals surface area contributed by atoms with E-state index < -0.39 is 20.9 Å². The smallest absolute Gasteiger partial charge is 0.335 e. The monoisotopic (exact) mass is 378 g/mol. The quantitative estimate of drug-likeness (QED) is 0.339. The van der Waals surface area contributed by atoms with Crippen LogP contribution in [0.3, 0.4) is 0 Å². The Morgan fingerprint density at radius 2 is 1.25 bits per heavy atom. The Kier molecular flexibility index (Phi) is 11.0. The van der Waals surface area contributed by atoms with Crippen molar-refractivity contribution in [3.05, 3.63) is 34.9 Å². The van der Waals surface area contributed by atoms with Crippen LogP contribution in [0, 0.1) is 0 Å². The van der Waals surface area contributed by atoms with Crippen LogP contribution in [0.2, 0.25) is 0 Å². The molecule has 5 nitrogen and oxygen atoms in total. The summed E-state index contributed by atoms with van der Waals surface area (Å²) in [7, 11) is -8.20. The molecule has 0 amide bonds. The molecular weight excluding hydrogens is 346 g/mol. The summed E-state index contributed by atoms with van der Waals surface area (Å²) in [6.07, 6.45) is 10.5. The maximum atomic E-state index is 11.7.